The van der Waals surface area contributed by atoms with E-state index in [0.29, 0.717) is 11.1 Å². The third-order valence-electron chi connectivity index (χ3n) is 17.1. The molecule has 12 rings (SSSR count). The lowest BCUT2D eigenvalue weighted by atomic mass is 9.79. The van der Waals surface area contributed by atoms with Crippen LogP contribution in [-0.2, 0) is 21.9 Å². The van der Waals surface area contributed by atoms with Crippen molar-refractivity contribution in [1.82, 2.24) is 4.90 Å². The Morgan fingerprint density at radius 1 is 0.351 bits per heavy atom. The molecule has 9 aromatic carbocycles. The van der Waals surface area contributed by atoms with Gasteiger partial charge >= 0.3 is 0 Å². The van der Waals surface area contributed by atoms with Crippen LogP contribution in [0.25, 0.3) is 44.5 Å². The first-order valence-corrected chi connectivity index (χ1v) is 25.8. The fourth-order valence-corrected chi connectivity index (χ4v) is 13.3. The molecule has 0 amide bonds. The topological polar surface area (TPSA) is 57.3 Å². The average molecular weight is 958 g/mol. The van der Waals surface area contributed by atoms with Crippen molar-refractivity contribution >= 4 is 34.1 Å². The Kier molecular flexibility index (Phi) is 10.6. The summed E-state index contributed by atoms with van der Waals surface area (Å²) in [5.74, 6) is 0. The van der Waals surface area contributed by atoms with E-state index in [1.54, 1.807) is 0 Å². The largest absolute Gasteiger partial charge is 0.308 e. The molecule has 74 heavy (non-hydrogen) atoms. The second-order valence-corrected chi connectivity index (χ2v) is 22.3. The van der Waals surface area contributed by atoms with Crippen LogP contribution >= 0.6 is 0 Å². The molecule has 0 saturated heterocycles. The predicted molar refractivity (Wildman–Crippen MR) is 305 cm³/mol. The van der Waals surface area contributed by atoms with E-state index in [1.807, 2.05) is 12.1 Å². The van der Waals surface area contributed by atoms with Gasteiger partial charge in [-0.15, -0.1) is 0 Å². The quantitative estimate of drug-likeness (QED) is 0.152. The van der Waals surface area contributed by atoms with E-state index in [-0.39, 0.29) is 0 Å². The number of nitrogens with zero attached hydrogens (tertiary/aromatic N) is 5. The molecule has 0 N–H and O–H groups in total. The number of rotatable bonds is 8. The van der Waals surface area contributed by atoms with Gasteiger partial charge in [-0.05, 0) is 138 Å². The number of benzene rings is 9. The Morgan fingerprint density at radius 2 is 0.676 bits per heavy atom. The number of nitriles is 2. The molecule has 0 radical (unpaired) electrons. The summed E-state index contributed by atoms with van der Waals surface area (Å²) in [6.07, 6.45) is 0. The molecule has 2 aliphatic carbocycles. The van der Waals surface area contributed by atoms with Gasteiger partial charge in [0.05, 0.1) is 33.9 Å². The summed E-state index contributed by atoms with van der Waals surface area (Å²) in [4.78, 5) is 7.11. The van der Waals surface area contributed by atoms with Crippen molar-refractivity contribution in [3.05, 3.63) is 239 Å². The zero-order valence-electron chi connectivity index (χ0n) is 43.7. The van der Waals surface area contributed by atoms with Crippen molar-refractivity contribution in [3.63, 3.8) is 0 Å². The highest BCUT2D eigenvalue weighted by Crippen LogP contribution is 2.63. The molecule has 360 valence electrons. The fraction of sp³-hybridized carbons (Fsp3) is 0.188. The summed E-state index contributed by atoms with van der Waals surface area (Å²) in [7, 11) is 2.20. The molecule has 0 bridgehead atoms. The van der Waals surface area contributed by atoms with Crippen LogP contribution in [0, 0.1) is 22.7 Å². The minimum atomic E-state index is -0.655. The van der Waals surface area contributed by atoms with Gasteiger partial charge in [-0.25, -0.2) is 0 Å². The molecule has 5 nitrogen and oxygen atoms in total. The van der Waals surface area contributed by atoms with Gasteiger partial charge in [0.2, 0.25) is 0 Å². The van der Waals surface area contributed by atoms with Gasteiger partial charge in [0, 0.05) is 44.4 Å². The van der Waals surface area contributed by atoms with Crippen LogP contribution in [0.2, 0.25) is 0 Å². The summed E-state index contributed by atoms with van der Waals surface area (Å²) in [6.45, 7) is 18.4. The van der Waals surface area contributed by atoms with E-state index in [4.69, 9.17) is 0 Å². The van der Waals surface area contributed by atoms with Crippen molar-refractivity contribution in [2.45, 2.75) is 77.3 Å². The standard InChI is InChI=1S/C69H59N5/c1-66(2)56-30-18-16-26-50(56)52-28-20-32-58(60(52)66)73(48-38-34-46(35-39-48)44-22-12-10-13-23-44)64-54(42-70)55(43-71)65(63-62(64)68(5,6)72(9)69(63,7)8)74(49-40-36-47(37-41-49)45-24-14-11-15-25-45)59-33-21-29-53-51-27-17-19-31-57(51)67(3,4)61(53)59/h10-41H,1-9H3. The normalized spacial score (nSPS) is 15.7. The van der Waals surface area contributed by atoms with Gasteiger partial charge in [-0.2, -0.15) is 10.5 Å². The SMILES string of the molecule is CN1C(C)(C)c2c(N(c3ccc(-c4ccccc4)cc3)c3cccc4c3C(C)(C)c3ccccc3-4)c(C#N)c(C#N)c(N(c3ccc(-c4ccccc4)cc3)c3cccc4c3C(C)(C)c3ccccc3-4)c2C1(C)C. The van der Waals surface area contributed by atoms with Gasteiger partial charge in [0.15, 0.2) is 0 Å². The summed E-state index contributed by atoms with van der Waals surface area (Å²) in [5.41, 5.74) is 19.9. The lowest BCUT2D eigenvalue weighted by molar-refractivity contribution is 0.0734. The van der Waals surface area contributed by atoms with Crippen molar-refractivity contribution in [3.8, 4) is 56.6 Å². The van der Waals surface area contributed by atoms with Crippen LogP contribution in [0.5, 0.6) is 0 Å². The fourth-order valence-electron chi connectivity index (χ4n) is 13.3. The van der Waals surface area contributed by atoms with Gasteiger partial charge in [-0.3, -0.25) is 4.90 Å². The Morgan fingerprint density at radius 3 is 1.04 bits per heavy atom. The molecule has 3 aliphatic rings. The van der Waals surface area contributed by atoms with Crippen molar-refractivity contribution < 1.29 is 0 Å². The van der Waals surface area contributed by atoms with Crippen LogP contribution in [0.1, 0.15) is 99.9 Å². The Labute approximate surface area is 436 Å². The van der Waals surface area contributed by atoms with E-state index in [9.17, 15) is 10.5 Å². The van der Waals surface area contributed by atoms with E-state index in [2.05, 4.69) is 271 Å². The summed E-state index contributed by atoms with van der Waals surface area (Å²) in [6, 6.07) is 74.7. The van der Waals surface area contributed by atoms with Crippen LogP contribution < -0.4 is 9.80 Å². The Bertz CT molecular complexity index is 3560. The van der Waals surface area contributed by atoms with E-state index >= 15 is 0 Å². The summed E-state index contributed by atoms with van der Waals surface area (Å²) >= 11 is 0. The second-order valence-electron chi connectivity index (χ2n) is 22.3. The maximum Gasteiger partial charge on any atom is 0.103 e. The highest BCUT2D eigenvalue weighted by Gasteiger charge is 2.54. The molecule has 9 aromatic rings. The minimum Gasteiger partial charge on any atom is -0.308 e. The zero-order valence-corrected chi connectivity index (χ0v) is 43.7. The molecular weight excluding hydrogens is 899 g/mol. The Hall–Kier alpha value is -8.48. The maximum atomic E-state index is 12.2. The van der Waals surface area contributed by atoms with Gasteiger partial charge in [-0.1, -0.05) is 185 Å². The number of hydrogen-bond donors (Lipinski definition) is 0. The smallest absolute Gasteiger partial charge is 0.103 e. The molecule has 1 heterocycles. The minimum absolute atomic E-state index is 0.333. The summed E-state index contributed by atoms with van der Waals surface area (Å²) in [5, 5.41) is 24.4. The van der Waals surface area contributed by atoms with Crippen LogP contribution in [-0.4, -0.2) is 11.9 Å². The molecule has 0 atom stereocenters. The van der Waals surface area contributed by atoms with Crippen LogP contribution in [0.4, 0.5) is 34.1 Å². The van der Waals surface area contributed by atoms with E-state index in [0.717, 1.165) is 67.5 Å². The lowest BCUT2D eigenvalue weighted by Gasteiger charge is -2.39. The first kappa shape index (κ1) is 46.6. The molecule has 0 aromatic heterocycles. The Balaban J connectivity index is 1.21. The molecule has 0 saturated carbocycles. The number of fused-ring (bicyclic) bond motifs is 7. The third-order valence-corrected chi connectivity index (χ3v) is 17.1. The first-order chi connectivity index (χ1) is 35.6. The maximum absolute atomic E-state index is 12.2. The van der Waals surface area contributed by atoms with Crippen LogP contribution in [0.3, 0.4) is 0 Å². The molecule has 0 fully saturated rings. The predicted octanol–water partition coefficient (Wildman–Crippen LogP) is 17.7. The van der Waals surface area contributed by atoms with Crippen molar-refractivity contribution in [2.75, 3.05) is 16.8 Å². The van der Waals surface area contributed by atoms with Gasteiger partial charge in [0.25, 0.3) is 0 Å². The molecule has 1 aliphatic heterocycles. The van der Waals surface area contributed by atoms with Crippen LogP contribution in [0.15, 0.2) is 194 Å². The van der Waals surface area contributed by atoms with Crippen molar-refractivity contribution in [1.29, 1.82) is 10.5 Å². The number of anilines is 6. The molecular formula is C69H59N5. The number of hydrogen-bond acceptors (Lipinski definition) is 5. The summed E-state index contributed by atoms with van der Waals surface area (Å²) < 4.78 is 0. The molecule has 0 spiro atoms. The average Bonchev–Trinajstić information content (AvgIpc) is 3.88. The first-order valence-electron chi connectivity index (χ1n) is 25.8. The third kappa shape index (κ3) is 6.63. The van der Waals surface area contributed by atoms with Gasteiger partial charge in [0.1, 0.15) is 12.1 Å². The zero-order chi connectivity index (χ0) is 51.5. The molecule has 5 heteroatoms. The van der Waals surface area contributed by atoms with E-state index in [1.165, 1.54) is 44.5 Å². The van der Waals surface area contributed by atoms with Gasteiger partial charge < -0.3 is 9.80 Å². The monoisotopic (exact) mass is 957 g/mol. The second kappa shape index (κ2) is 16.8. The highest BCUT2D eigenvalue weighted by molar-refractivity contribution is 5.99. The lowest BCUT2D eigenvalue weighted by Crippen LogP contribution is -2.42. The van der Waals surface area contributed by atoms with E-state index < -0.39 is 21.9 Å². The molecule has 0 unspecified atom stereocenters. The highest BCUT2D eigenvalue weighted by atomic mass is 15.3. The van der Waals surface area contributed by atoms with Crippen molar-refractivity contribution in [2.24, 2.45) is 0 Å².